The van der Waals surface area contributed by atoms with Crippen molar-refractivity contribution < 1.29 is 27.4 Å². The maximum atomic E-state index is 12.8. The van der Waals surface area contributed by atoms with Gasteiger partial charge in [0.1, 0.15) is 0 Å². The van der Waals surface area contributed by atoms with Gasteiger partial charge in [0.25, 0.3) is 0 Å². The summed E-state index contributed by atoms with van der Waals surface area (Å²) >= 11 is 0. The number of carbonyl (C=O) groups excluding carboxylic acids is 1. The van der Waals surface area contributed by atoms with Crippen molar-refractivity contribution in [2.75, 3.05) is 13.7 Å². The molecule has 18 heavy (non-hydrogen) atoms. The number of hydrogen-bond donors (Lipinski definition) is 0. The number of carbonyl (C=O) groups is 1. The Morgan fingerprint density at radius 2 is 2.11 bits per heavy atom. The molecule has 4 nitrogen and oxygen atoms in total. The van der Waals surface area contributed by atoms with E-state index in [2.05, 4.69) is 14.5 Å². The van der Waals surface area contributed by atoms with Crippen LogP contribution >= 0.6 is 0 Å². The standard InChI is InChI=1S/C11H12F3NO3/c1-3-18-10(16)4-7-6-15-9(17-2)5-8(7)11(12,13)14/h5-6H,3-4H2,1-2H3. The lowest BCUT2D eigenvalue weighted by Gasteiger charge is -2.13. The first-order valence-corrected chi connectivity index (χ1v) is 5.14. The summed E-state index contributed by atoms with van der Waals surface area (Å²) in [4.78, 5) is 14.9. The number of aromatic nitrogens is 1. The highest BCUT2D eigenvalue weighted by molar-refractivity contribution is 5.73. The second-order valence-corrected chi connectivity index (χ2v) is 3.36. The highest BCUT2D eigenvalue weighted by Gasteiger charge is 2.34. The summed E-state index contributed by atoms with van der Waals surface area (Å²) < 4.78 is 47.5. The molecule has 0 aromatic carbocycles. The molecule has 0 aliphatic carbocycles. The molecule has 0 atom stereocenters. The summed E-state index contributed by atoms with van der Waals surface area (Å²) in [6, 6.07) is 0.758. The molecular formula is C11H12F3NO3. The van der Waals surface area contributed by atoms with Gasteiger partial charge in [0.2, 0.25) is 5.88 Å². The van der Waals surface area contributed by atoms with E-state index < -0.39 is 24.1 Å². The highest BCUT2D eigenvalue weighted by atomic mass is 19.4. The number of ether oxygens (including phenoxy) is 2. The van der Waals surface area contributed by atoms with Crippen molar-refractivity contribution in [3.05, 3.63) is 23.4 Å². The van der Waals surface area contributed by atoms with E-state index in [1.807, 2.05) is 0 Å². The Labute approximate surface area is 102 Å². The SMILES string of the molecule is CCOC(=O)Cc1cnc(OC)cc1C(F)(F)F. The first-order valence-electron chi connectivity index (χ1n) is 5.14. The van der Waals surface area contributed by atoms with Crippen molar-refractivity contribution in [2.24, 2.45) is 0 Å². The van der Waals surface area contributed by atoms with Gasteiger partial charge in [-0.2, -0.15) is 13.2 Å². The molecule has 0 saturated heterocycles. The lowest BCUT2D eigenvalue weighted by molar-refractivity contribution is -0.143. The molecular weight excluding hydrogens is 251 g/mol. The molecule has 1 heterocycles. The van der Waals surface area contributed by atoms with Crippen LogP contribution in [0.4, 0.5) is 13.2 Å². The molecule has 1 aromatic heterocycles. The topological polar surface area (TPSA) is 48.4 Å². The van der Waals surface area contributed by atoms with Gasteiger partial charge in [0.15, 0.2) is 0 Å². The summed E-state index contributed by atoms with van der Waals surface area (Å²) in [7, 11) is 1.22. The first kappa shape index (κ1) is 14.3. The van der Waals surface area contributed by atoms with Crippen LogP contribution in [0.5, 0.6) is 5.88 Å². The smallest absolute Gasteiger partial charge is 0.416 e. The largest absolute Gasteiger partial charge is 0.481 e. The van der Waals surface area contributed by atoms with Crippen molar-refractivity contribution in [1.82, 2.24) is 4.98 Å². The third-order valence-corrected chi connectivity index (χ3v) is 2.12. The van der Waals surface area contributed by atoms with Crippen LogP contribution in [-0.4, -0.2) is 24.7 Å². The molecule has 0 radical (unpaired) electrons. The van der Waals surface area contributed by atoms with Gasteiger partial charge in [-0.1, -0.05) is 0 Å². The second-order valence-electron chi connectivity index (χ2n) is 3.36. The van der Waals surface area contributed by atoms with Crippen LogP contribution in [0.2, 0.25) is 0 Å². The lowest BCUT2D eigenvalue weighted by atomic mass is 10.1. The maximum absolute atomic E-state index is 12.8. The van der Waals surface area contributed by atoms with E-state index in [1.54, 1.807) is 6.92 Å². The van der Waals surface area contributed by atoms with Gasteiger partial charge in [0.05, 0.1) is 25.7 Å². The molecule has 0 spiro atoms. The molecule has 1 rings (SSSR count). The quantitative estimate of drug-likeness (QED) is 0.781. The van der Waals surface area contributed by atoms with Crippen LogP contribution in [-0.2, 0) is 22.1 Å². The van der Waals surface area contributed by atoms with Gasteiger partial charge >= 0.3 is 12.1 Å². The number of rotatable bonds is 4. The molecule has 0 N–H and O–H groups in total. The summed E-state index contributed by atoms with van der Waals surface area (Å²) in [5.41, 5.74) is -1.18. The lowest BCUT2D eigenvalue weighted by Crippen LogP contribution is -2.15. The highest BCUT2D eigenvalue weighted by Crippen LogP contribution is 2.33. The Morgan fingerprint density at radius 3 is 2.61 bits per heavy atom. The van der Waals surface area contributed by atoms with Crippen molar-refractivity contribution in [3.8, 4) is 5.88 Å². The summed E-state index contributed by atoms with van der Waals surface area (Å²) in [5, 5.41) is 0. The molecule has 1 aromatic rings. The zero-order valence-electron chi connectivity index (χ0n) is 9.87. The van der Waals surface area contributed by atoms with E-state index in [-0.39, 0.29) is 18.1 Å². The minimum absolute atomic E-state index is 0.115. The minimum Gasteiger partial charge on any atom is -0.481 e. The minimum atomic E-state index is -4.57. The van der Waals surface area contributed by atoms with Crippen LogP contribution in [0.15, 0.2) is 12.3 Å². The predicted octanol–water partition coefficient (Wildman–Crippen LogP) is 2.21. The van der Waals surface area contributed by atoms with Crippen LogP contribution in [0.3, 0.4) is 0 Å². The third kappa shape index (κ3) is 3.61. The van der Waals surface area contributed by atoms with E-state index in [0.717, 1.165) is 12.3 Å². The number of nitrogens with zero attached hydrogens (tertiary/aromatic N) is 1. The predicted molar refractivity (Wildman–Crippen MR) is 56.1 cm³/mol. The summed E-state index contributed by atoms with van der Waals surface area (Å²) in [6.45, 7) is 1.69. The van der Waals surface area contributed by atoms with E-state index in [1.165, 1.54) is 7.11 Å². The fourth-order valence-electron chi connectivity index (χ4n) is 1.35. The Morgan fingerprint density at radius 1 is 1.44 bits per heavy atom. The van der Waals surface area contributed by atoms with Gasteiger partial charge in [0, 0.05) is 12.3 Å². The Hall–Kier alpha value is -1.79. The first-order chi connectivity index (χ1) is 8.38. The van der Waals surface area contributed by atoms with Crippen molar-refractivity contribution >= 4 is 5.97 Å². The number of halogens is 3. The third-order valence-electron chi connectivity index (χ3n) is 2.12. The van der Waals surface area contributed by atoms with Crippen LogP contribution in [0.1, 0.15) is 18.1 Å². The van der Waals surface area contributed by atoms with Gasteiger partial charge in [-0.05, 0) is 12.5 Å². The van der Waals surface area contributed by atoms with Crippen LogP contribution in [0, 0.1) is 0 Å². The summed E-state index contributed by atoms with van der Waals surface area (Å²) in [5.74, 6) is -0.884. The fourth-order valence-corrected chi connectivity index (χ4v) is 1.35. The van der Waals surface area contributed by atoms with Crippen LogP contribution in [0.25, 0.3) is 0 Å². The van der Waals surface area contributed by atoms with E-state index in [9.17, 15) is 18.0 Å². The average molecular weight is 263 g/mol. The van der Waals surface area contributed by atoms with Crippen molar-refractivity contribution in [3.63, 3.8) is 0 Å². The molecule has 0 aliphatic rings. The average Bonchev–Trinajstić information content (AvgIpc) is 2.28. The van der Waals surface area contributed by atoms with Crippen molar-refractivity contribution in [1.29, 1.82) is 0 Å². The Kier molecular flexibility index (Phi) is 4.52. The number of alkyl halides is 3. The second kappa shape index (κ2) is 5.70. The molecule has 0 bridgehead atoms. The summed E-state index contributed by atoms with van der Waals surface area (Å²) in [6.07, 6.45) is -4.07. The zero-order chi connectivity index (χ0) is 13.8. The van der Waals surface area contributed by atoms with E-state index in [4.69, 9.17) is 0 Å². The number of esters is 1. The van der Waals surface area contributed by atoms with Gasteiger partial charge in [-0.3, -0.25) is 4.79 Å². The van der Waals surface area contributed by atoms with Gasteiger partial charge in [-0.25, -0.2) is 4.98 Å². The number of methoxy groups -OCH3 is 1. The molecule has 0 saturated carbocycles. The van der Waals surface area contributed by atoms with Gasteiger partial charge < -0.3 is 9.47 Å². The Bertz CT molecular complexity index is 432. The molecule has 0 fully saturated rings. The fraction of sp³-hybridized carbons (Fsp3) is 0.455. The zero-order valence-corrected chi connectivity index (χ0v) is 9.87. The van der Waals surface area contributed by atoms with Gasteiger partial charge in [-0.15, -0.1) is 0 Å². The van der Waals surface area contributed by atoms with Crippen LogP contribution < -0.4 is 4.74 Å². The van der Waals surface area contributed by atoms with Crippen molar-refractivity contribution in [2.45, 2.75) is 19.5 Å². The molecule has 0 aliphatic heterocycles. The number of hydrogen-bond acceptors (Lipinski definition) is 4. The van der Waals surface area contributed by atoms with E-state index in [0.29, 0.717) is 0 Å². The van der Waals surface area contributed by atoms with E-state index >= 15 is 0 Å². The molecule has 7 heteroatoms. The number of pyridine rings is 1. The Balaban J connectivity index is 3.07. The maximum Gasteiger partial charge on any atom is 0.416 e. The molecule has 0 amide bonds. The molecule has 100 valence electrons. The monoisotopic (exact) mass is 263 g/mol. The normalized spacial score (nSPS) is 11.2. The molecule has 0 unspecified atom stereocenters.